The van der Waals surface area contributed by atoms with Crippen molar-refractivity contribution >= 4 is 44.2 Å². The van der Waals surface area contributed by atoms with Crippen LogP contribution in [0.15, 0.2) is 72.8 Å². The lowest BCUT2D eigenvalue weighted by Gasteiger charge is -2.07. The predicted octanol–water partition coefficient (Wildman–Crippen LogP) is 4.81. The van der Waals surface area contributed by atoms with Crippen molar-refractivity contribution in [1.29, 1.82) is 0 Å². The van der Waals surface area contributed by atoms with Crippen LogP contribution in [0.4, 0.5) is 10.8 Å². The monoisotopic (exact) mass is 403 g/mol. The van der Waals surface area contributed by atoms with E-state index in [4.69, 9.17) is 4.74 Å². The van der Waals surface area contributed by atoms with Crippen molar-refractivity contribution in [1.82, 2.24) is 4.98 Å². The topological polar surface area (TPSA) is 80.3 Å². The first kappa shape index (κ1) is 18.6. The second-order valence-electron chi connectivity index (χ2n) is 6.21. The van der Waals surface area contributed by atoms with Gasteiger partial charge in [-0.3, -0.25) is 14.9 Å². The highest BCUT2D eigenvalue weighted by Gasteiger charge is 2.12. The van der Waals surface area contributed by atoms with Gasteiger partial charge in [0.05, 0.1) is 17.3 Å². The van der Waals surface area contributed by atoms with E-state index in [1.807, 2.05) is 24.3 Å². The maximum atomic E-state index is 12.6. The number of methoxy groups -OCH3 is 1. The molecule has 0 aliphatic heterocycles. The summed E-state index contributed by atoms with van der Waals surface area (Å²) in [7, 11) is 1.61. The van der Waals surface area contributed by atoms with Gasteiger partial charge in [0.2, 0.25) is 0 Å². The molecule has 0 saturated carbocycles. The number of carbonyl (C=O) groups is 2. The van der Waals surface area contributed by atoms with Crippen LogP contribution in [-0.2, 0) is 0 Å². The van der Waals surface area contributed by atoms with Crippen LogP contribution in [0.3, 0.4) is 0 Å². The van der Waals surface area contributed by atoms with E-state index in [0.29, 0.717) is 21.9 Å². The van der Waals surface area contributed by atoms with Gasteiger partial charge in [0.1, 0.15) is 5.75 Å². The molecule has 2 amide bonds. The van der Waals surface area contributed by atoms with E-state index in [2.05, 4.69) is 15.6 Å². The van der Waals surface area contributed by atoms with Crippen molar-refractivity contribution in [3.63, 3.8) is 0 Å². The molecule has 0 saturated heterocycles. The summed E-state index contributed by atoms with van der Waals surface area (Å²) < 4.78 is 6.14. The fraction of sp³-hybridized carbons (Fsp3) is 0.0455. The SMILES string of the molecule is COc1ccc2nc(NC(=O)c3cccc(NC(=O)c4ccccc4)c3)sc2c1. The lowest BCUT2D eigenvalue weighted by molar-refractivity contribution is 0.101. The zero-order valence-electron chi connectivity index (χ0n) is 15.5. The number of thiazole rings is 1. The Bertz CT molecular complexity index is 1190. The van der Waals surface area contributed by atoms with Crippen LogP contribution in [0.5, 0.6) is 5.75 Å². The maximum Gasteiger partial charge on any atom is 0.257 e. The summed E-state index contributed by atoms with van der Waals surface area (Å²) in [6, 6.07) is 21.2. The Morgan fingerprint density at radius 3 is 2.41 bits per heavy atom. The molecule has 4 rings (SSSR count). The molecule has 3 aromatic carbocycles. The zero-order chi connectivity index (χ0) is 20.2. The van der Waals surface area contributed by atoms with Crippen LogP contribution in [0.25, 0.3) is 10.2 Å². The van der Waals surface area contributed by atoms with E-state index in [1.54, 1.807) is 55.6 Å². The van der Waals surface area contributed by atoms with Gasteiger partial charge < -0.3 is 10.1 Å². The molecule has 0 fully saturated rings. The summed E-state index contributed by atoms with van der Waals surface area (Å²) in [5.41, 5.74) is 2.30. The number of hydrogen-bond donors (Lipinski definition) is 2. The van der Waals surface area contributed by atoms with Gasteiger partial charge in [-0.15, -0.1) is 0 Å². The molecule has 0 radical (unpaired) electrons. The number of benzene rings is 3. The highest BCUT2D eigenvalue weighted by molar-refractivity contribution is 7.22. The molecule has 0 atom stereocenters. The zero-order valence-corrected chi connectivity index (χ0v) is 16.3. The molecule has 29 heavy (non-hydrogen) atoms. The fourth-order valence-electron chi connectivity index (χ4n) is 2.79. The van der Waals surface area contributed by atoms with E-state index < -0.39 is 0 Å². The van der Waals surface area contributed by atoms with Gasteiger partial charge in [0.15, 0.2) is 5.13 Å². The Morgan fingerprint density at radius 2 is 1.62 bits per heavy atom. The molecule has 2 N–H and O–H groups in total. The van der Waals surface area contributed by atoms with Gasteiger partial charge in [-0.2, -0.15) is 0 Å². The lowest BCUT2D eigenvalue weighted by Crippen LogP contribution is -2.14. The van der Waals surface area contributed by atoms with Crippen LogP contribution in [0.2, 0.25) is 0 Å². The first-order valence-corrected chi connectivity index (χ1v) is 9.66. The van der Waals surface area contributed by atoms with E-state index in [-0.39, 0.29) is 11.8 Å². The minimum atomic E-state index is -0.299. The van der Waals surface area contributed by atoms with Crippen molar-refractivity contribution in [2.75, 3.05) is 17.7 Å². The van der Waals surface area contributed by atoms with Gasteiger partial charge in [-0.25, -0.2) is 4.98 Å². The summed E-state index contributed by atoms with van der Waals surface area (Å²) in [6.45, 7) is 0. The summed E-state index contributed by atoms with van der Waals surface area (Å²) in [4.78, 5) is 29.4. The molecule has 4 aromatic rings. The quantitative estimate of drug-likeness (QED) is 0.501. The number of amides is 2. The van der Waals surface area contributed by atoms with Gasteiger partial charge in [0, 0.05) is 16.8 Å². The average molecular weight is 403 g/mol. The molecule has 1 aromatic heterocycles. The van der Waals surface area contributed by atoms with Crippen molar-refractivity contribution in [2.24, 2.45) is 0 Å². The Labute approximate surface area is 171 Å². The third-order valence-corrected chi connectivity index (χ3v) is 5.17. The number of carbonyl (C=O) groups excluding carboxylic acids is 2. The molecular formula is C22H17N3O3S. The Morgan fingerprint density at radius 1 is 0.862 bits per heavy atom. The second-order valence-corrected chi connectivity index (χ2v) is 7.24. The maximum absolute atomic E-state index is 12.6. The Kier molecular flexibility index (Phi) is 5.22. The van der Waals surface area contributed by atoms with E-state index in [0.717, 1.165) is 16.0 Å². The molecule has 0 unspecified atom stereocenters. The molecule has 0 aliphatic carbocycles. The number of fused-ring (bicyclic) bond motifs is 1. The lowest BCUT2D eigenvalue weighted by atomic mass is 10.1. The number of aromatic nitrogens is 1. The minimum absolute atomic E-state index is 0.233. The molecule has 0 spiro atoms. The summed E-state index contributed by atoms with van der Waals surface area (Å²) in [6.07, 6.45) is 0. The standard InChI is InChI=1S/C22H17N3O3S/c1-28-17-10-11-18-19(13-17)29-22(24-18)25-21(27)15-8-5-9-16(12-15)23-20(26)14-6-3-2-4-7-14/h2-13H,1H3,(H,23,26)(H,24,25,27). The van der Waals surface area contributed by atoms with Crippen LogP contribution in [0, 0.1) is 0 Å². The van der Waals surface area contributed by atoms with Gasteiger partial charge in [-0.05, 0) is 48.5 Å². The molecule has 7 heteroatoms. The predicted molar refractivity (Wildman–Crippen MR) is 115 cm³/mol. The number of ether oxygens (including phenoxy) is 1. The molecule has 6 nitrogen and oxygen atoms in total. The molecule has 0 bridgehead atoms. The van der Waals surface area contributed by atoms with Crippen molar-refractivity contribution in [2.45, 2.75) is 0 Å². The van der Waals surface area contributed by atoms with E-state index in [1.165, 1.54) is 11.3 Å². The number of nitrogens with zero attached hydrogens (tertiary/aromatic N) is 1. The minimum Gasteiger partial charge on any atom is -0.497 e. The smallest absolute Gasteiger partial charge is 0.257 e. The van der Waals surface area contributed by atoms with E-state index >= 15 is 0 Å². The second kappa shape index (κ2) is 8.12. The van der Waals surface area contributed by atoms with Gasteiger partial charge in [-0.1, -0.05) is 35.6 Å². The third kappa shape index (κ3) is 4.25. The fourth-order valence-corrected chi connectivity index (χ4v) is 3.68. The summed E-state index contributed by atoms with van der Waals surface area (Å²) in [5.74, 6) is 0.205. The highest BCUT2D eigenvalue weighted by atomic mass is 32.1. The third-order valence-electron chi connectivity index (χ3n) is 4.23. The molecule has 144 valence electrons. The van der Waals surface area contributed by atoms with Crippen molar-refractivity contribution in [3.8, 4) is 5.75 Å². The molecular weight excluding hydrogens is 386 g/mol. The molecule has 0 aliphatic rings. The van der Waals surface area contributed by atoms with Gasteiger partial charge >= 0.3 is 0 Å². The first-order valence-electron chi connectivity index (χ1n) is 8.85. The summed E-state index contributed by atoms with van der Waals surface area (Å²) in [5, 5.41) is 6.12. The number of rotatable bonds is 5. The van der Waals surface area contributed by atoms with Crippen molar-refractivity contribution < 1.29 is 14.3 Å². The first-order chi connectivity index (χ1) is 14.1. The van der Waals surface area contributed by atoms with Crippen LogP contribution < -0.4 is 15.4 Å². The van der Waals surface area contributed by atoms with E-state index in [9.17, 15) is 9.59 Å². The number of hydrogen-bond acceptors (Lipinski definition) is 5. The Balaban J connectivity index is 1.49. The average Bonchev–Trinajstić information content (AvgIpc) is 3.15. The van der Waals surface area contributed by atoms with Crippen molar-refractivity contribution in [3.05, 3.63) is 83.9 Å². The van der Waals surface area contributed by atoms with Gasteiger partial charge in [0.25, 0.3) is 11.8 Å². The van der Waals surface area contributed by atoms with Crippen LogP contribution in [-0.4, -0.2) is 23.9 Å². The largest absolute Gasteiger partial charge is 0.497 e. The highest BCUT2D eigenvalue weighted by Crippen LogP contribution is 2.29. The number of anilines is 2. The number of nitrogens with one attached hydrogen (secondary N) is 2. The van der Waals surface area contributed by atoms with Crippen LogP contribution in [0.1, 0.15) is 20.7 Å². The normalized spacial score (nSPS) is 10.5. The Hall–Kier alpha value is -3.71. The van der Waals surface area contributed by atoms with Crippen LogP contribution >= 0.6 is 11.3 Å². The summed E-state index contributed by atoms with van der Waals surface area (Å²) >= 11 is 1.37. The molecule has 1 heterocycles.